The minimum atomic E-state index is 0.691. The molecule has 86 valence electrons. The first-order valence-corrected chi connectivity index (χ1v) is 6.34. The first-order valence-electron chi connectivity index (χ1n) is 5.96. The van der Waals surface area contributed by atoms with Crippen molar-refractivity contribution in [1.82, 2.24) is 4.90 Å². The van der Waals surface area contributed by atoms with Crippen LogP contribution in [0.4, 0.5) is 5.69 Å². The van der Waals surface area contributed by atoms with Crippen molar-refractivity contribution in [3.05, 3.63) is 29.3 Å². The van der Waals surface area contributed by atoms with Crippen LogP contribution in [0.2, 0.25) is 5.02 Å². The van der Waals surface area contributed by atoms with Gasteiger partial charge in [0.2, 0.25) is 0 Å². The zero-order chi connectivity index (χ0) is 11.1. The molecule has 0 radical (unpaired) electrons. The summed E-state index contributed by atoms with van der Waals surface area (Å²) in [5.74, 6) is 0. The van der Waals surface area contributed by atoms with Crippen LogP contribution in [0.15, 0.2) is 24.3 Å². The molecular formula is C13H17ClN2. The van der Waals surface area contributed by atoms with Crippen molar-refractivity contribution in [2.45, 2.75) is 24.9 Å². The summed E-state index contributed by atoms with van der Waals surface area (Å²) < 4.78 is 0. The Hall–Kier alpha value is -0.730. The van der Waals surface area contributed by atoms with Gasteiger partial charge in [0.25, 0.3) is 0 Å². The van der Waals surface area contributed by atoms with Gasteiger partial charge in [0.05, 0.1) is 0 Å². The predicted octanol–water partition coefficient (Wildman–Crippen LogP) is 2.62. The Labute approximate surface area is 102 Å². The molecule has 1 aromatic rings. The van der Waals surface area contributed by atoms with Crippen LogP contribution in [0.1, 0.15) is 12.8 Å². The van der Waals surface area contributed by atoms with Gasteiger partial charge in [-0.1, -0.05) is 11.6 Å². The Morgan fingerprint density at radius 3 is 2.31 bits per heavy atom. The van der Waals surface area contributed by atoms with Gasteiger partial charge in [-0.2, -0.15) is 0 Å². The van der Waals surface area contributed by atoms with E-state index in [1.807, 2.05) is 12.1 Å². The number of likely N-dealkylation sites (N-methyl/N-ethyl adjacent to an activating group) is 1. The van der Waals surface area contributed by atoms with Gasteiger partial charge in [0.15, 0.2) is 0 Å². The van der Waals surface area contributed by atoms with Gasteiger partial charge in [-0.05, 0) is 44.2 Å². The van der Waals surface area contributed by atoms with Crippen LogP contribution >= 0.6 is 11.6 Å². The van der Waals surface area contributed by atoms with Crippen LogP contribution < -0.4 is 4.90 Å². The summed E-state index contributed by atoms with van der Waals surface area (Å²) in [5.41, 5.74) is 1.33. The second-order valence-corrected chi connectivity index (χ2v) is 5.39. The minimum Gasteiger partial charge on any atom is -0.366 e. The van der Waals surface area contributed by atoms with Crippen LogP contribution in [0.25, 0.3) is 0 Å². The van der Waals surface area contributed by atoms with E-state index in [1.54, 1.807) is 0 Å². The van der Waals surface area contributed by atoms with Crippen LogP contribution in [-0.2, 0) is 0 Å². The lowest BCUT2D eigenvalue weighted by atomic mass is 9.91. The van der Waals surface area contributed by atoms with E-state index in [1.165, 1.54) is 31.6 Å². The number of hydrogen-bond acceptors (Lipinski definition) is 2. The van der Waals surface area contributed by atoms with E-state index < -0.39 is 0 Å². The third-order valence-corrected chi connectivity index (χ3v) is 4.21. The topological polar surface area (TPSA) is 6.48 Å². The summed E-state index contributed by atoms with van der Waals surface area (Å²) in [4.78, 5) is 5.05. The van der Waals surface area contributed by atoms with Crippen molar-refractivity contribution in [2.75, 3.05) is 25.0 Å². The summed E-state index contributed by atoms with van der Waals surface area (Å²) in [6.45, 7) is 2.37. The van der Waals surface area contributed by atoms with Gasteiger partial charge in [-0.15, -0.1) is 0 Å². The normalized spacial score (nSPS) is 29.8. The highest BCUT2D eigenvalue weighted by Gasteiger charge is 2.36. The third kappa shape index (κ3) is 1.70. The molecule has 0 spiro atoms. The van der Waals surface area contributed by atoms with E-state index >= 15 is 0 Å². The minimum absolute atomic E-state index is 0.691. The molecule has 3 heterocycles. The molecule has 3 aliphatic heterocycles. The maximum absolute atomic E-state index is 5.93. The highest BCUT2D eigenvalue weighted by atomic mass is 35.5. The smallest absolute Gasteiger partial charge is 0.0418 e. The van der Waals surface area contributed by atoms with Crippen LogP contribution in [0.3, 0.4) is 0 Å². The maximum Gasteiger partial charge on any atom is 0.0418 e. The van der Waals surface area contributed by atoms with Crippen molar-refractivity contribution in [2.24, 2.45) is 0 Å². The van der Waals surface area contributed by atoms with Crippen molar-refractivity contribution >= 4 is 17.3 Å². The fourth-order valence-corrected chi connectivity index (χ4v) is 3.11. The molecule has 4 rings (SSSR count). The predicted molar refractivity (Wildman–Crippen MR) is 68.2 cm³/mol. The van der Waals surface area contributed by atoms with Crippen LogP contribution in [0, 0.1) is 0 Å². The number of piperidine rings is 2. The summed E-state index contributed by atoms with van der Waals surface area (Å²) in [5, 5.41) is 0.822. The highest BCUT2D eigenvalue weighted by Crippen LogP contribution is 2.32. The number of piperazine rings is 1. The van der Waals surface area contributed by atoms with E-state index in [-0.39, 0.29) is 0 Å². The highest BCUT2D eigenvalue weighted by molar-refractivity contribution is 6.30. The zero-order valence-corrected chi connectivity index (χ0v) is 10.3. The van der Waals surface area contributed by atoms with Gasteiger partial charge in [0, 0.05) is 35.9 Å². The van der Waals surface area contributed by atoms with Crippen molar-refractivity contribution in [3.63, 3.8) is 0 Å². The quantitative estimate of drug-likeness (QED) is 0.740. The Morgan fingerprint density at radius 2 is 1.75 bits per heavy atom. The van der Waals surface area contributed by atoms with E-state index in [0.717, 1.165) is 11.1 Å². The zero-order valence-electron chi connectivity index (χ0n) is 9.56. The van der Waals surface area contributed by atoms with Gasteiger partial charge in [0.1, 0.15) is 0 Å². The molecule has 2 unspecified atom stereocenters. The van der Waals surface area contributed by atoms with Crippen molar-refractivity contribution < 1.29 is 0 Å². The lowest BCUT2D eigenvalue weighted by Crippen LogP contribution is -2.61. The van der Waals surface area contributed by atoms with Gasteiger partial charge >= 0.3 is 0 Å². The van der Waals surface area contributed by atoms with E-state index in [2.05, 4.69) is 29.0 Å². The fraction of sp³-hybridized carbons (Fsp3) is 0.538. The third-order valence-electron chi connectivity index (χ3n) is 3.96. The number of rotatable bonds is 1. The summed E-state index contributed by atoms with van der Waals surface area (Å²) >= 11 is 5.93. The van der Waals surface area contributed by atoms with Gasteiger partial charge in [-0.25, -0.2) is 0 Å². The molecule has 3 fully saturated rings. The molecule has 0 aromatic heterocycles. The standard InChI is InChI=1S/C13H17ClN2/c1-15-8-13-7-6-12(15)9-16(13)11-4-2-10(14)3-5-11/h2-5,12-13H,6-9H2,1H3. The second kappa shape index (κ2) is 3.94. The number of fused-ring (bicyclic) bond motifs is 3. The summed E-state index contributed by atoms with van der Waals surface area (Å²) in [7, 11) is 2.25. The number of hydrogen-bond donors (Lipinski definition) is 0. The Morgan fingerprint density at radius 1 is 1.06 bits per heavy atom. The molecule has 2 atom stereocenters. The summed E-state index contributed by atoms with van der Waals surface area (Å²) in [6.07, 6.45) is 2.68. The lowest BCUT2D eigenvalue weighted by Gasteiger charge is -2.51. The molecular weight excluding hydrogens is 220 g/mol. The van der Waals surface area contributed by atoms with Crippen molar-refractivity contribution in [1.29, 1.82) is 0 Å². The number of nitrogens with zero attached hydrogens (tertiary/aromatic N) is 2. The molecule has 16 heavy (non-hydrogen) atoms. The summed E-state index contributed by atoms with van der Waals surface area (Å²) in [6, 6.07) is 9.69. The molecule has 2 nitrogen and oxygen atoms in total. The molecule has 3 heteroatoms. The Balaban J connectivity index is 1.84. The lowest BCUT2D eigenvalue weighted by molar-refractivity contribution is 0.125. The van der Waals surface area contributed by atoms with E-state index in [0.29, 0.717) is 6.04 Å². The largest absolute Gasteiger partial charge is 0.366 e. The van der Waals surface area contributed by atoms with E-state index in [9.17, 15) is 0 Å². The average molecular weight is 237 g/mol. The molecule has 0 N–H and O–H groups in total. The molecule has 0 amide bonds. The molecule has 2 bridgehead atoms. The number of benzene rings is 1. The average Bonchev–Trinajstić information content (AvgIpc) is 2.31. The van der Waals surface area contributed by atoms with E-state index in [4.69, 9.17) is 11.6 Å². The molecule has 3 saturated heterocycles. The molecule has 3 aliphatic rings. The van der Waals surface area contributed by atoms with Crippen LogP contribution in [0.5, 0.6) is 0 Å². The monoisotopic (exact) mass is 236 g/mol. The first-order chi connectivity index (χ1) is 7.74. The van der Waals surface area contributed by atoms with Crippen molar-refractivity contribution in [3.8, 4) is 0 Å². The molecule has 1 aromatic carbocycles. The SMILES string of the molecule is CN1CC2CCC1CN2c1ccc(Cl)cc1. The maximum atomic E-state index is 5.93. The second-order valence-electron chi connectivity index (χ2n) is 4.95. The van der Waals surface area contributed by atoms with Crippen LogP contribution in [-0.4, -0.2) is 37.1 Å². The Kier molecular flexibility index (Phi) is 2.56. The number of halogens is 1. The van der Waals surface area contributed by atoms with Gasteiger partial charge < -0.3 is 4.90 Å². The molecule has 0 aliphatic carbocycles. The first kappa shape index (κ1) is 10.4. The molecule has 0 saturated carbocycles. The van der Waals surface area contributed by atoms with Gasteiger partial charge in [-0.3, -0.25) is 4.90 Å². The number of anilines is 1. The fourth-order valence-electron chi connectivity index (χ4n) is 2.99. The Bertz CT molecular complexity index is 376.